The number of aryl methyl sites for hydroxylation is 1. The van der Waals surface area contributed by atoms with Crippen molar-refractivity contribution in [3.63, 3.8) is 0 Å². The first kappa shape index (κ1) is 18.7. The molecule has 1 aromatic rings. The predicted octanol–water partition coefficient (Wildman–Crippen LogP) is 2.77. The highest BCUT2D eigenvalue weighted by molar-refractivity contribution is 5.82. The Morgan fingerprint density at radius 3 is 2.36 bits per heavy atom. The van der Waals surface area contributed by atoms with Crippen molar-refractivity contribution in [1.29, 1.82) is 0 Å². The number of nitrogens with zero attached hydrogens (tertiary/aromatic N) is 1. The molecule has 0 aliphatic carbocycles. The van der Waals surface area contributed by atoms with Crippen LogP contribution in [0, 0.1) is 0 Å². The van der Waals surface area contributed by atoms with Gasteiger partial charge in [0.05, 0.1) is 18.7 Å². The highest BCUT2D eigenvalue weighted by Gasteiger charge is 2.24. The lowest BCUT2D eigenvalue weighted by atomic mass is 9.86. The number of aliphatic imine (C=N–C) groups is 1. The minimum atomic E-state index is -0.526. The van der Waals surface area contributed by atoms with Gasteiger partial charge in [0.15, 0.2) is 0 Å². The molecule has 0 saturated carbocycles. The summed E-state index contributed by atoms with van der Waals surface area (Å²) < 4.78 is 0. The second-order valence-electron chi connectivity index (χ2n) is 6.06. The molecule has 22 heavy (non-hydrogen) atoms. The average Bonchev–Trinajstić information content (AvgIpc) is 2.51. The van der Waals surface area contributed by atoms with E-state index < -0.39 is 5.60 Å². The van der Waals surface area contributed by atoms with Gasteiger partial charge in [0.25, 0.3) is 0 Å². The average molecular weight is 305 g/mol. The van der Waals surface area contributed by atoms with Gasteiger partial charge >= 0.3 is 0 Å². The molecule has 4 nitrogen and oxygen atoms in total. The predicted molar refractivity (Wildman–Crippen MR) is 93.9 cm³/mol. The van der Waals surface area contributed by atoms with E-state index in [0.717, 1.165) is 44.1 Å². The number of aliphatic hydroxyl groups is 1. The van der Waals surface area contributed by atoms with E-state index in [-0.39, 0.29) is 0 Å². The second-order valence-corrected chi connectivity index (χ2v) is 6.06. The van der Waals surface area contributed by atoms with Gasteiger partial charge in [-0.2, -0.15) is 0 Å². The number of hydrogen-bond acceptors (Lipinski definition) is 3. The molecule has 0 aliphatic heterocycles. The quantitative estimate of drug-likeness (QED) is 0.459. The third kappa shape index (κ3) is 6.58. The Hall–Kier alpha value is -1.39. The van der Waals surface area contributed by atoms with Gasteiger partial charge in [-0.3, -0.25) is 4.99 Å². The van der Waals surface area contributed by atoms with Crippen molar-refractivity contribution in [2.75, 3.05) is 6.54 Å². The molecule has 0 atom stereocenters. The summed E-state index contributed by atoms with van der Waals surface area (Å²) in [7, 11) is 0. The van der Waals surface area contributed by atoms with E-state index in [1.165, 1.54) is 5.56 Å². The van der Waals surface area contributed by atoms with E-state index in [2.05, 4.69) is 31.0 Å². The third-order valence-electron chi connectivity index (χ3n) is 3.97. The van der Waals surface area contributed by atoms with Crippen molar-refractivity contribution in [2.45, 2.75) is 64.5 Å². The maximum absolute atomic E-state index is 10.7. The van der Waals surface area contributed by atoms with Crippen molar-refractivity contribution in [2.24, 2.45) is 16.5 Å². The monoisotopic (exact) mass is 305 g/mol. The second kappa shape index (κ2) is 9.59. The van der Waals surface area contributed by atoms with E-state index in [1.807, 2.05) is 12.1 Å². The number of nitrogens with two attached hydrogens (primary N) is 2. The van der Waals surface area contributed by atoms with Crippen LogP contribution in [0.25, 0.3) is 0 Å². The van der Waals surface area contributed by atoms with Gasteiger partial charge in [0.1, 0.15) is 5.84 Å². The summed E-state index contributed by atoms with van der Waals surface area (Å²) in [6, 6.07) is 8.34. The Morgan fingerprint density at radius 2 is 1.77 bits per heavy atom. The fourth-order valence-electron chi connectivity index (χ4n) is 2.82. The minimum Gasteiger partial charge on any atom is -0.390 e. The maximum Gasteiger partial charge on any atom is 0.108 e. The van der Waals surface area contributed by atoms with Crippen molar-refractivity contribution in [3.8, 4) is 0 Å². The Bertz CT molecular complexity index is 465. The van der Waals surface area contributed by atoms with Crippen LogP contribution >= 0.6 is 0 Å². The number of hydrogen-bond donors (Lipinski definition) is 3. The Kier molecular flexibility index (Phi) is 8.13. The zero-order chi connectivity index (χ0) is 16.4. The van der Waals surface area contributed by atoms with Gasteiger partial charge in [-0.05, 0) is 36.8 Å². The molecule has 0 spiro atoms. The summed E-state index contributed by atoms with van der Waals surface area (Å²) in [5, 5.41) is 10.7. The molecule has 124 valence electrons. The summed E-state index contributed by atoms with van der Waals surface area (Å²) in [4.78, 5) is 4.24. The van der Waals surface area contributed by atoms with Crippen LogP contribution in [0.5, 0.6) is 0 Å². The van der Waals surface area contributed by atoms with Gasteiger partial charge in [0.2, 0.25) is 0 Å². The largest absolute Gasteiger partial charge is 0.390 e. The lowest BCUT2D eigenvalue weighted by Gasteiger charge is -2.27. The number of amidine groups is 1. The molecule has 0 aliphatic rings. The van der Waals surface area contributed by atoms with Gasteiger partial charge in [0, 0.05) is 0 Å². The van der Waals surface area contributed by atoms with Crippen molar-refractivity contribution >= 4 is 5.84 Å². The first-order chi connectivity index (χ1) is 10.5. The number of rotatable bonds is 10. The minimum absolute atomic E-state index is 0.292. The molecule has 0 radical (unpaired) electrons. The fraction of sp³-hybridized carbons (Fsp3) is 0.611. The van der Waals surface area contributed by atoms with Crippen LogP contribution in [0.1, 0.15) is 57.1 Å². The van der Waals surface area contributed by atoms with E-state index in [4.69, 9.17) is 11.5 Å². The summed E-state index contributed by atoms with van der Waals surface area (Å²) in [5.74, 6) is 0.477. The van der Waals surface area contributed by atoms with Crippen molar-refractivity contribution in [1.82, 2.24) is 0 Å². The van der Waals surface area contributed by atoms with Crippen LogP contribution in [0.2, 0.25) is 0 Å². The van der Waals surface area contributed by atoms with Crippen LogP contribution in [0.15, 0.2) is 29.3 Å². The molecule has 5 N–H and O–H groups in total. The molecule has 4 heteroatoms. The maximum atomic E-state index is 10.7. The van der Waals surface area contributed by atoms with E-state index in [1.54, 1.807) is 0 Å². The lowest BCUT2D eigenvalue weighted by molar-refractivity contribution is 0.0132. The van der Waals surface area contributed by atoms with E-state index in [9.17, 15) is 5.11 Å². The molecule has 0 fully saturated rings. The van der Waals surface area contributed by atoms with E-state index >= 15 is 0 Å². The molecule has 0 amide bonds. The van der Waals surface area contributed by atoms with Crippen LogP contribution in [-0.2, 0) is 13.0 Å². The SMILES string of the molecule is CCCC(O)(CCC)CCc1cccc(CN=C(N)CN)c1. The molecular formula is C18H31N3O. The van der Waals surface area contributed by atoms with Crippen molar-refractivity contribution < 1.29 is 5.11 Å². The Labute approximate surface area is 134 Å². The zero-order valence-electron chi connectivity index (χ0n) is 14.0. The third-order valence-corrected chi connectivity index (χ3v) is 3.97. The van der Waals surface area contributed by atoms with Crippen LogP contribution in [-0.4, -0.2) is 23.1 Å². The lowest BCUT2D eigenvalue weighted by Crippen LogP contribution is -2.28. The van der Waals surface area contributed by atoms with Crippen LogP contribution in [0.3, 0.4) is 0 Å². The van der Waals surface area contributed by atoms with E-state index in [0.29, 0.717) is 18.9 Å². The van der Waals surface area contributed by atoms with Crippen molar-refractivity contribution in [3.05, 3.63) is 35.4 Å². The summed E-state index contributed by atoms with van der Waals surface area (Å²) in [5.41, 5.74) is 12.9. The highest BCUT2D eigenvalue weighted by Crippen LogP contribution is 2.25. The highest BCUT2D eigenvalue weighted by atomic mass is 16.3. The Morgan fingerprint density at radius 1 is 1.14 bits per heavy atom. The smallest absolute Gasteiger partial charge is 0.108 e. The topological polar surface area (TPSA) is 84.6 Å². The zero-order valence-corrected chi connectivity index (χ0v) is 14.0. The summed E-state index contributed by atoms with van der Waals surface area (Å²) in [6.45, 7) is 5.11. The van der Waals surface area contributed by atoms with Crippen LogP contribution in [0.4, 0.5) is 0 Å². The summed E-state index contributed by atoms with van der Waals surface area (Å²) in [6.07, 6.45) is 5.48. The first-order valence-electron chi connectivity index (χ1n) is 8.32. The molecule has 0 saturated heterocycles. The number of benzene rings is 1. The Balaban J connectivity index is 2.65. The van der Waals surface area contributed by atoms with Crippen LogP contribution < -0.4 is 11.5 Å². The van der Waals surface area contributed by atoms with Gasteiger partial charge in [-0.15, -0.1) is 0 Å². The normalized spacial score (nSPS) is 12.6. The van der Waals surface area contributed by atoms with Gasteiger partial charge < -0.3 is 16.6 Å². The van der Waals surface area contributed by atoms with Gasteiger partial charge in [-0.1, -0.05) is 51.0 Å². The molecule has 0 bridgehead atoms. The molecule has 0 aromatic heterocycles. The molecule has 1 aromatic carbocycles. The molecule has 0 unspecified atom stereocenters. The standard InChI is InChI=1S/C18H31N3O/c1-3-9-18(22,10-4-2)11-8-15-6-5-7-16(12-15)14-21-17(20)13-19/h5-7,12,22H,3-4,8-11,13-14,19H2,1-2H3,(H2,20,21). The summed E-state index contributed by atoms with van der Waals surface area (Å²) >= 11 is 0. The molecular weight excluding hydrogens is 274 g/mol. The fourth-order valence-corrected chi connectivity index (χ4v) is 2.82. The molecule has 0 heterocycles. The molecule has 1 rings (SSSR count). The van der Waals surface area contributed by atoms with Gasteiger partial charge in [-0.25, -0.2) is 0 Å². The first-order valence-corrected chi connectivity index (χ1v) is 8.32.